The third-order valence-corrected chi connectivity index (χ3v) is 6.92. The topological polar surface area (TPSA) is 38.7 Å². The summed E-state index contributed by atoms with van der Waals surface area (Å²) >= 11 is 4.78. The molecule has 3 nitrogen and oxygen atoms in total. The molecule has 0 fully saturated rings. The van der Waals surface area contributed by atoms with E-state index >= 15 is 0 Å². The quantitative estimate of drug-likeness (QED) is 0.382. The van der Waals surface area contributed by atoms with Crippen LogP contribution in [-0.4, -0.2) is 15.2 Å². The van der Waals surface area contributed by atoms with Crippen molar-refractivity contribution >= 4 is 34.4 Å². The van der Waals surface area contributed by atoms with Gasteiger partial charge in [0.2, 0.25) is 0 Å². The molecule has 0 radical (unpaired) electrons. The number of hydrogen-bond donors (Lipinski definition) is 0. The molecular formula is C19H14FN3S3. The standard InChI is InChI=1S/C19H14FN3S3/c1-12-18(26-19(21-12)16-7-4-10-24-16)15-8-9-17(23-22-15)25-11-13-5-2-3-6-14(13)20/h2-10H,11H2,1H3. The molecule has 0 spiro atoms. The summed E-state index contributed by atoms with van der Waals surface area (Å²) in [6.45, 7) is 1.99. The largest absolute Gasteiger partial charge is 0.240 e. The molecule has 0 aliphatic heterocycles. The van der Waals surface area contributed by atoms with Crippen LogP contribution >= 0.6 is 34.4 Å². The number of aryl methyl sites for hydroxylation is 1. The fourth-order valence-corrected chi connectivity index (χ4v) is 5.05. The Labute approximate surface area is 163 Å². The van der Waals surface area contributed by atoms with Crippen LogP contribution in [0, 0.1) is 12.7 Å². The van der Waals surface area contributed by atoms with E-state index in [4.69, 9.17) is 0 Å². The Morgan fingerprint density at radius 1 is 1.04 bits per heavy atom. The molecular weight excluding hydrogens is 385 g/mol. The fourth-order valence-electron chi connectivity index (χ4n) is 2.42. The highest BCUT2D eigenvalue weighted by atomic mass is 32.2. The Morgan fingerprint density at radius 2 is 1.92 bits per heavy atom. The van der Waals surface area contributed by atoms with Crippen molar-refractivity contribution in [1.82, 2.24) is 15.2 Å². The van der Waals surface area contributed by atoms with Gasteiger partial charge in [-0.1, -0.05) is 36.0 Å². The lowest BCUT2D eigenvalue weighted by Gasteiger charge is -2.03. The molecule has 0 unspecified atom stereocenters. The van der Waals surface area contributed by atoms with E-state index in [-0.39, 0.29) is 5.82 Å². The van der Waals surface area contributed by atoms with Crippen molar-refractivity contribution in [2.45, 2.75) is 17.7 Å². The Kier molecular flexibility index (Phi) is 5.10. The monoisotopic (exact) mass is 399 g/mol. The minimum atomic E-state index is -0.189. The number of thiophene rings is 1. The summed E-state index contributed by atoms with van der Waals surface area (Å²) in [7, 11) is 0. The van der Waals surface area contributed by atoms with E-state index in [9.17, 15) is 4.39 Å². The van der Waals surface area contributed by atoms with Gasteiger partial charge in [-0.2, -0.15) is 0 Å². The Morgan fingerprint density at radius 3 is 2.65 bits per heavy atom. The van der Waals surface area contributed by atoms with E-state index in [0.717, 1.165) is 31.2 Å². The average molecular weight is 400 g/mol. The van der Waals surface area contributed by atoms with Gasteiger partial charge in [0.1, 0.15) is 21.5 Å². The van der Waals surface area contributed by atoms with Crippen molar-refractivity contribution in [3.05, 3.63) is 71.0 Å². The SMILES string of the molecule is Cc1nc(-c2cccs2)sc1-c1ccc(SCc2ccccc2F)nn1. The van der Waals surface area contributed by atoms with Gasteiger partial charge >= 0.3 is 0 Å². The van der Waals surface area contributed by atoms with Crippen molar-refractivity contribution in [3.8, 4) is 20.5 Å². The van der Waals surface area contributed by atoms with Crippen LogP contribution in [0.25, 0.3) is 20.5 Å². The molecule has 0 saturated heterocycles. The third-order valence-electron chi connectivity index (χ3n) is 3.73. The first-order valence-corrected chi connectivity index (χ1v) is 10.6. The fraction of sp³-hybridized carbons (Fsp3) is 0.105. The van der Waals surface area contributed by atoms with Crippen LogP contribution < -0.4 is 0 Å². The predicted molar refractivity (Wildman–Crippen MR) is 107 cm³/mol. The first-order chi connectivity index (χ1) is 12.7. The third kappa shape index (κ3) is 3.70. The second-order valence-corrected chi connectivity index (χ2v) is 8.49. The van der Waals surface area contributed by atoms with E-state index in [1.54, 1.807) is 34.8 Å². The van der Waals surface area contributed by atoms with Crippen LogP contribution in [0.15, 0.2) is 58.9 Å². The van der Waals surface area contributed by atoms with E-state index in [1.807, 2.05) is 36.6 Å². The number of halogens is 1. The lowest BCUT2D eigenvalue weighted by Crippen LogP contribution is -1.91. The lowest BCUT2D eigenvalue weighted by atomic mass is 10.2. The minimum Gasteiger partial charge on any atom is -0.240 e. The van der Waals surface area contributed by atoms with Crippen molar-refractivity contribution in [1.29, 1.82) is 0 Å². The maximum absolute atomic E-state index is 13.7. The number of nitrogens with zero attached hydrogens (tertiary/aromatic N) is 3. The molecule has 4 aromatic rings. The smallest absolute Gasteiger partial charge is 0.134 e. The van der Waals surface area contributed by atoms with Crippen LogP contribution in [0.2, 0.25) is 0 Å². The van der Waals surface area contributed by atoms with Gasteiger partial charge in [0.25, 0.3) is 0 Å². The van der Waals surface area contributed by atoms with Crippen LogP contribution in [0.3, 0.4) is 0 Å². The lowest BCUT2D eigenvalue weighted by molar-refractivity contribution is 0.617. The average Bonchev–Trinajstić information content (AvgIpc) is 3.31. The Balaban J connectivity index is 1.50. The van der Waals surface area contributed by atoms with Crippen LogP contribution in [0.4, 0.5) is 4.39 Å². The minimum absolute atomic E-state index is 0.189. The summed E-state index contributed by atoms with van der Waals surface area (Å²) in [6.07, 6.45) is 0. The second kappa shape index (κ2) is 7.65. The molecule has 0 N–H and O–H groups in total. The number of thioether (sulfide) groups is 1. The molecule has 130 valence electrons. The molecule has 1 aromatic carbocycles. The highest BCUT2D eigenvalue weighted by Crippen LogP contribution is 2.36. The molecule has 4 rings (SSSR count). The van der Waals surface area contributed by atoms with E-state index < -0.39 is 0 Å². The number of rotatable bonds is 5. The second-order valence-electron chi connectivity index (χ2n) is 5.55. The number of thiazole rings is 1. The molecule has 0 bridgehead atoms. The highest BCUT2D eigenvalue weighted by Gasteiger charge is 2.13. The zero-order chi connectivity index (χ0) is 17.9. The zero-order valence-electron chi connectivity index (χ0n) is 13.8. The molecule has 0 amide bonds. The molecule has 26 heavy (non-hydrogen) atoms. The van der Waals surface area contributed by atoms with Crippen molar-refractivity contribution < 1.29 is 4.39 Å². The first kappa shape index (κ1) is 17.3. The van der Waals surface area contributed by atoms with Crippen molar-refractivity contribution in [2.24, 2.45) is 0 Å². The maximum atomic E-state index is 13.7. The highest BCUT2D eigenvalue weighted by molar-refractivity contribution is 7.98. The van der Waals surface area contributed by atoms with Gasteiger partial charge in [0.05, 0.1) is 15.4 Å². The molecule has 0 aliphatic carbocycles. The van der Waals surface area contributed by atoms with Gasteiger partial charge in [-0.25, -0.2) is 9.37 Å². The van der Waals surface area contributed by atoms with Gasteiger partial charge in [0, 0.05) is 5.75 Å². The molecule has 7 heteroatoms. The van der Waals surface area contributed by atoms with E-state index in [2.05, 4.69) is 21.2 Å². The molecule has 0 saturated carbocycles. The summed E-state index contributed by atoms with van der Waals surface area (Å²) in [5.74, 6) is 0.342. The summed E-state index contributed by atoms with van der Waals surface area (Å²) in [6, 6.07) is 14.8. The first-order valence-electron chi connectivity index (χ1n) is 7.92. The summed E-state index contributed by atoms with van der Waals surface area (Å²) < 4.78 is 13.7. The van der Waals surface area contributed by atoms with Gasteiger partial charge in [-0.15, -0.1) is 32.9 Å². The van der Waals surface area contributed by atoms with E-state index in [0.29, 0.717) is 11.3 Å². The summed E-state index contributed by atoms with van der Waals surface area (Å²) in [4.78, 5) is 6.85. The molecule has 0 atom stereocenters. The Hall–Kier alpha value is -2.09. The van der Waals surface area contributed by atoms with Crippen LogP contribution in [0.5, 0.6) is 0 Å². The molecule has 0 aliphatic rings. The van der Waals surface area contributed by atoms with Gasteiger partial charge in [-0.05, 0) is 42.1 Å². The van der Waals surface area contributed by atoms with Crippen molar-refractivity contribution in [3.63, 3.8) is 0 Å². The molecule has 3 heterocycles. The number of hydrogen-bond acceptors (Lipinski definition) is 6. The maximum Gasteiger partial charge on any atom is 0.134 e. The van der Waals surface area contributed by atoms with Gasteiger partial charge < -0.3 is 0 Å². The number of benzene rings is 1. The van der Waals surface area contributed by atoms with Crippen LogP contribution in [-0.2, 0) is 5.75 Å². The summed E-state index contributed by atoms with van der Waals surface area (Å²) in [5.41, 5.74) is 2.44. The van der Waals surface area contributed by atoms with E-state index in [1.165, 1.54) is 17.8 Å². The normalized spacial score (nSPS) is 11.0. The zero-order valence-corrected chi connectivity index (χ0v) is 16.3. The van der Waals surface area contributed by atoms with Crippen molar-refractivity contribution in [2.75, 3.05) is 0 Å². The molecule has 3 aromatic heterocycles. The Bertz CT molecular complexity index is 1010. The van der Waals surface area contributed by atoms with Gasteiger partial charge in [0.15, 0.2) is 0 Å². The van der Waals surface area contributed by atoms with Crippen LogP contribution in [0.1, 0.15) is 11.3 Å². The summed E-state index contributed by atoms with van der Waals surface area (Å²) in [5, 5.41) is 12.5. The van der Waals surface area contributed by atoms with Gasteiger partial charge in [-0.3, -0.25) is 0 Å². The predicted octanol–water partition coefficient (Wildman–Crippen LogP) is 6.07. The number of aromatic nitrogens is 3.